The Morgan fingerprint density at radius 2 is 1.81 bits per heavy atom. The van der Waals surface area contributed by atoms with Crippen LogP contribution in [0.5, 0.6) is 0 Å². The molecule has 0 bridgehead atoms. The van der Waals surface area contributed by atoms with Crippen molar-refractivity contribution in [2.24, 2.45) is 4.99 Å². The zero-order chi connectivity index (χ0) is 18.6. The number of fused-ring (bicyclic) bond motifs is 1. The first-order valence-corrected chi connectivity index (χ1v) is 9.52. The number of aryl methyl sites for hydroxylation is 1. The number of guanidine groups is 1. The molecule has 2 N–H and O–H groups in total. The van der Waals surface area contributed by atoms with Gasteiger partial charge in [-0.05, 0) is 41.8 Å². The third kappa shape index (κ3) is 4.15. The first-order chi connectivity index (χ1) is 13.2. The summed E-state index contributed by atoms with van der Waals surface area (Å²) in [7, 11) is 0. The maximum Gasteiger partial charge on any atom is 0.196 e. The number of rotatable bonds is 3. The molecule has 136 valence electrons. The fourth-order valence-corrected chi connectivity index (χ4v) is 3.53. The fourth-order valence-electron chi connectivity index (χ4n) is 3.35. The molecule has 1 aliphatic rings. The van der Waals surface area contributed by atoms with Crippen molar-refractivity contribution in [3.8, 4) is 0 Å². The van der Waals surface area contributed by atoms with Gasteiger partial charge < -0.3 is 10.6 Å². The number of aliphatic imine (C=N–C) groups is 1. The van der Waals surface area contributed by atoms with Gasteiger partial charge >= 0.3 is 0 Å². The lowest BCUT2D eigenvalue weighted by atomic mass is 9.90. The van der Waals surface area contributed by atoms with Crippen molar-refractivity contribution in [2.75, 3.05) is 11.9 Å². The Balaban J connectivity index is 1.63. The van der Waals surface area contributed by atoms with E-state index in [1.165, 1.54) is 22.3 Å². The zero-order valence-electron chi connectivity index (χ0n) is 15.2. The molecule has 0 saturated carbocycles. The molecule has 4 heteroatoms. The van der Waals surface area contributed by atoms with Gasteiger partial charge in [-0.15, -0.1) is 0 Å². The van der Waals surface area contributed by atoms with Gasteiger partial charge in [-0.1, -0.05) is 71.8 Å². The van der Waals surface area contributed by atoms with Crippen LogP contribution in [-0.4, -0.2) is 12.5 Å². The smallest absolute Gasteiger partial charge is 0.196 e. The molecule has 1 unspecified atom stereocenters. The van der Waals surface area contributed by atoms with Crippen molar-refractivity contribution in [2.45, 2.75) is 19.4 Å². The fraction of sp³-hybridized carbons (Fsp3) is 0.174. The van der Waals surface area contributed by atoms with Crippen LogP contribution in [0.1, 0.15) is 28.2 Å². The monoisotopic (exact) mass is 375 g/mol. The molecule has 0 aliphatic carbocycles. The van der Waals surface area contributed by atoms with Crippen LogP contribution in [-0.2, 0) is 6.54 Å². The van der Waals surface area contributed by atoms with E-state index in [0.29, 0.717) is 6.54 Å². The summed E-state index contributed by atoms with van der Waals surface area (Å²) in [4.78, 5) is 4.81. The zero-order valence-corrected chi connectivity index (χ0v) is 16.0. The van der Waals surface area contributed by atoms with Crippen LogP contribution in [0.4, 0.5) is 5.69 Å². The molecule has 0 fully saturated rings. The Hall–Kier alpha value is -2.78. The minimum atomic E-state index is 0.169. The van der Waals surface area contributed by atoms with Crippen LogP contribution in [0.15, 0.2) is 77.8 Å². The third-order valence-corrected chi connectivity index (χ3v) is 5.09. The van der Waals surface area contributed by atoms with Crippen molar-refractivity contribution >= 4 is 23.2 Å². The van der Waals surface area contributed by atoms with E-state index in [-0.39, 0.29) is 5.92 Å². The summed E-state index contributed by atoms with van der Waals surface area (Å²) in [6, 6.07) is 25.0. The molecule has 1 aliphatic heterocycles. The normalized spacial score (nSPS) is 15.9. The lowest BCUT2D eigenvalue weighted by molar-refractivity contribution is 0.817. The van der Waals surface area contributed by atoms with Gasteiger partial charge in [0, 0.05) is 23.2 Å². The summed E-state index contributed by atoms with van der Waals surface area (Å²) in [6.45, 7) is 3.50. The highest BCUT2D eigenvalue weighted by Gasteiger charge is 2.22. The van der Waals surface area contributed by atoms with Crippen molar-refractivity contribution in [3.05, 3.63) is 100 Å². The lowest BCUT2D eigenvalue weighted by Gasteiger charge is -2.18. The maximum atomic E-state index is 6.30. The first-order valence-electron chi connectivity index (χ1n) is 9.14. The Kier molecular flexibility index (Phi) is 5.12. The van der Waals surface area contributed by atoms with E-state index in [4.69, 9.17) is 16.6 Å². The van der Waals surface area contributed by atoms with Gasteiger partial charge in [0.1, 0.15) is 0 Å². The van der Waals surface area contributed by atoms with E-state index in [1.54, 1.807) is 0 Å². The molecule has 0 radical (unpaired) electrons. The quantitative estimate of drug-likeness (QED) is 0.647. The molecule has 0 amide bonds. The Morgan fingerprint density at radius 3 is 2.59 bits per heavy atom. The molecule has 0 aromatic heterocycles. The van der Waals surface area contributed by atoms with Gasteiger partial charge in [0.2, 0.25) is 0 Å². The summed E-state index contributed by atoms with van der Waals surface area (Å²) in [5, 5.41) is 7.61. The summed E-state index contributed by atoms with van der Waals surface area (Å²) < 4.78 is 0. The van der Waals surface area contributed by atoms with E-state index in [1.807, 2.05) is 36.4 Å². The average Bonchev–Trinajstić information content (AvgIpc) is 2.87. The van der Waals surface area contributed by atoms with E-state index in [0.717, 1.165) is 23.2 Å². The maximum absolute atomic E-state index is 6.30. The van der Waals surface area contributed by atoms with Crippen LogP contribution in [0.2, 0.25) is 5.02 Å². The van der Waals surface area contributed by atoms with Crippen molar-refractivity contribution in [1.82, 2.24) is 5.32 Å². The van der Waals surface area contributed by atoms with Crippen LogP contribution < -0.4 is 10.6 Å². The van der Waals surface area contributed by atoms with Gasteiger partial charge in [0.15, 0.2) is 5.96 Å². The number of hydrogen-bond acceptors (Lipinski definition) is 3. The number of nitrogens with one attached hydrogen (secondary N) is 2. The molecule has 1 heterocycles. The second kappa shape index (κ2) is 7.85. The second-order valence-electron chi connectivity index (χ2n) is 6.85. The first kappa shape index (κ1) is 17.6. The molecule has 0 saturated heterocycles. The highest BCUT2D eigenvalue weighted by Crippen LogP contribution is 2.34. The Bertz CT molecular complexity index is 949. The number of anilines is 1. The van der Waals surface area contributed by atoms with Gasteiger partial charge in [-0.25, -0.2) is 0 Å². The number of nitrogens with zero attached hydrogens (tertiary/aromatic N) is 1. The van der Waals surface area contributed by atoms with Crippen LogP contribution in [0.25, 0.3) is 0 Å². The molecule has 3 nitrogen and oxygen atoms in total. The third-order valence-electron chi connectivity index (χ3n) is 4.86. The number of benzene rings is 3. The standard InChI is InChI=1S/C23H22ClN3/c1-16-7-9-18(10-8-16)21-15-26-23(25-14-17-5-3-2-4-6-17)27-22-12-11-19(24)13-20(21)22/h2-13,21H,14-15H2,1H3,(H2,25,26,27). The molecule has 4 rings (SSSR count). The molecule has 1 atom stereocenters. The number of hydrogen-bond donors (Lipinski definition) is 2. The highest BCUT2D eigenvalue weighted by atomic mass is 35.5. The summed E-state index contributed by atoms with van der Waals surface area (Å²) in [6.07, 6.45) is 0. The average molecular weight is 376 g/mol. The predicted octanol–water partition coefficient (Wildman–Crippen LogP) is 5.35. The largest absolute Gasteiger partial charge is 0.352 e. The van der Waals surface area contributed by atoms with E-state index in [9.17, 15) is 0 Å². The molecular formula is C23H22ClN3. The number of halogens is 1. The van der Waals surface area contributed by atoms with E-state index < -0.39 is 0 Å². The van der Waals surface area contributed by atoms with Gasteiger partial charge in [0.25, 0.3) is 0 Å². The Morgan fingerprint density at radius 1 is 1.04 bits per heavy atom. The SMILES string of the molecule is Cc1ccc(C2CN=C(NCc3ccccc3)Nc3ccc(Cl)cc32)cc1. The second-order valence-corrected chi connectivity index (χ2v) is 7.28. The Labute approximate surface area is 165 Å². The van der Waals surface area contributed by atoms with E-state index in [2.05, 4.69) is 54.0 Å². The van der Waals surface area contributed by atoms with Crippen molar-refractivity contribution in [1.29, 1.82) is 0 Å². The van der Waals surface area contributed by atoms with Crippen LogP contribution >= 0.6 is 11.6 Å². The highest BCUT2D eigenvalue weighted by molar-refractivity contribution is 6.30. The minimum Gasteiger partial charge on any atom is -0.352 e. The van der Waals surface area contributed by atoms with Gasteiger partial charge in [0.05, 0.1) is 6.54 Å². The summed E-state index contributed by atoms with van der Waals surface area (Å²) in [5.41, 5.74) is 5.94. The van der Waals surface area contributed by atoms with Crippen molar-refractivity contribution in [3.63, 3.8) is 0 Å². The molecule has 3 aromatic rings. The molecule has 0 spiro atoms. The lowest BCUT2D eigenvalue weighted by Crippen LogP contribution is -2.30. The predicted molar refractivity (Wildman–Crippen MR) is 114 cm³/mol. The minimum absolute atomic E-state index is 0.169. The summed E-state index contributed by atoms with van der Waals surface area (Å²) >= 11 is 6.30. The van der Waals surface area contributed by atoms with E-state index >= 15 is 0 Å². The van der Waals surface area contributed by atoms with Gasteiger partial charge in [-0.3, -0.25) is 4.99 Å². The molecular weight excluding hydrogens is 354 g/mol. The van der Waals surface area contributed by atoms with Crippen LogP contribution in [0.3, 0.4) is 0 Å². The summed E-state index contributed by atoms with van der Waals surface area (Å²) in [5.74, 6) is 0.958. The molecule has 3 aromatic carbocycles. The van der Waals surface area contributed by atoms with Crippen molar-refractivity contribution < 1.29 is 0 Å². The van der Waals surface area contributed by atoms with Crippen LogP contribution in [0, 0.1) is 6.92 Å². The molecule has 27 heavy (non-hydrogen) atoms. The topological polar surface area (TPSA) is 36.4 Å². The van der Waals surface area contributed by atoms with Gasteiger partial charge in [-0.2, -0.15) is 0 Å².